The zero-order chi connectivity index (χ0) is 30.2. The van der Waals surface area contributed by atoms with Crippen LogP contribution in [0.25, 0.3) is 0 Å². The molecule has 0 aromatic heterocycles. The molecular formula is C39H81CrN3. The van der Waals surface area contributed by atoms with Gasteiger partial charge in [-0.15, -0.1) is 0 Å². The van der Waals surface area contributed by atoms with Gasteiger partial charge in [0.2, 0.25) is 0 Å². The monoisotopic (exact) mass is 644 g/mol. The third-order valence-corrected chi connectivity index (χ3v) is 9.68. The van der Waals surface area contributed by atoms with Gasteiger partial charge in [-0.3, -0.25) is 14.7 Å². The fourth-order valence-electron chi connectivity index (χ4n) is 6.88. The van der Waals surface area contributed by atoms with Gasteiger partial charge in [0.1, 0.15) is 0 Å². The van der Waals surface area contributed by atoms with Gasteiger partial charge < -0.3 is 0 Å². The summed E-state index contributed by atoms with van der Waals surface area (Å²) in [5.41, 5.74) is 0. The first-order chi connectivity index (χ1) is 20.8. The van der Waals surface area contributed by atoms with E-state index in [1.165, 1.54) is 232 Å². The van der Waals surface area contributed by atoms with Crippen molar-refractivity contribution in [2.75, 3.05) is 39.6 Å². The molecule has 1 saturated heterocycles. The van der Waals surface area contributed by atoms with Crippen molar-refractivity contribution in [1.82, 2.24) is 14.7 Å². The Morgan fingerprint density at radius 2 is 0.419 bits per heavy atom. The SMILES string of the molecule is CCCCCCCCCCCCN1CN(CCCCCCCCCCCC)CN(CCCCCCCCCCCC)C1.[Cr]. The molecule has 3 nitrogen and oxygen atoms in total. The average Bonchev–Trinajstić information content (AvgIpc) is 3.00. The first-order valence-corrected chi connectivity index (χ1v) is 20.0. The molecule has 1 aliphatic rings. The molecule has 4 heteroatoms. The Balaban J connectivity index is 0.0000176. The molecule has 1 rings (SSSR count). The Morgan fingerprint density at radius 1 is 0.256 bits per heavy atom. The Hall–Kier alpha value is 0.412. The molecule has 1 heterocycles. The predicted molar refractivity (Wildman–Crippen MR) is 190 cm³/mol. The molecule has 0 N–H and O–H groups in total. The minimum absolute atomic E-state index is 0. The van der Waals surface area contributed by atoms with Gasteiger partial charge >= 0.3 is 0 Å². The molecule has 0 radical (unpaired) electrons. The molecule has 0 unspecified atom stereocenters. The van der Waals surface area contributed by atoms with Gasteiger partial charge in [0.25, 0.3) is 0 Å². The summed E-state index contributed by atoms with van der Waals surface area (Å²) in [6, 6.07) is 0. The number of hydrogen-bond donors (Lipinski definition) is 0. The van der Waals surface area contributed by atoms with E-state index < -0.39 is 0 Å². The topological polar surface area (TPSA) is 9.72 Å². The number of nitrogens with zero attached hydrogens (tertiary/aromatic N) is 3. The van der Waals surface area contributed by atoms with Crippen molar-refractivity contribution in [1.29, 1.82) is 0 Å². The Kier molecular flexibility index (Phi) is 35.6. The second-order valence-electron chi connectivity index (χ2n) is 14.2. The fraction of sp³-hybridized carbons (Fsp3) is 1.00. The van der Waals surface area contributed by atoms with Gasteiger partial charge in [-0.2, -0.15) is 0 Å². The number of hydrogen-bond acceptors (Lipinski definition) is 3. The first-order valence-electron chi connectivity index (χ1n) is 20.0. The smallest absolute Gasteiger partial charge is 0.0529 e. The van der Waals surface area contributed by atoms with Crippen LogP contribution in [-0.4, -0.2) is 54.3 Å². The Bertz CT molecular complexity index is 439. The fourth-order valence-corrected chi connectivity index (χ4v) is 6.88. The molecule has 0 saturated carbocycles. The molecule has 0 aromatic rings. The minimum Gasteiger partial charge on any atom is -0.277 e. The standard InChI is InChI=1S/C39H81N3.Cr/c1-4-7-10-13-16-19-22-25-28-31-34-40-37-41(35-32-29-26-23-20-17-14-11-8-5-2)39-42(38-40)36-33-30-27-24-21-18-15-12-9-6-3;/h4-39H2,1-3H3;. The molecule has 0 amide bonds. The van der Waals surface area contributed by atoms with Crippen LogP contribution in [0, 0.1) is 0 Å². The molecule has 1 fully saturated rings. The van der Waals surface area contributed by atoms with Crippen LogP contribution in [0.1, 0.15) is 213 Å². The Labute approximate surface area is 284 Å². The summed E-state index contributed by atoms with van der Waals surface area (Å²) in [4.78, 5) is 8.34. The number of unbranched alkanes of at least 4 members (excludes halogenated alkanes) is 27. The molecule has 1 aliphatic heterocycles. The van der Waals surface area contributed by atoms with E-state index in [1.54, 1.807) is 0 Å². The summed E-state index contributed by atoms with van der Waals surface area (Å²) in [5, 5.41) is 0. The molecule has 258 valence electrons. The molecule has 0 bridgehead atoms. The maximum Gasteiger partial charge on any atom is 0.0529 e. The molecule has 0 atom stereocenters. The maximum atomic E-state index is 2.78. The van der Waals surface area contributed by atoms with Gasteiger partial charge in [0.05, 0.1) is 20.0 Å². The van der Waals surface area contributed by atoms with Crippen LogP contribution < -0.4 is 0 Å². The third-order valence-electron chi connectivity index (χ3n) is 9.68. The van der Waals surface area contributed by atoms with Gasteiger partial charge in [-0.25, -0.2) is 0 Å². The van der Waals surface area contributed by atoms with E-state index in [0.29, 0.717) is 0 Å². The molecule has 0 aliphatic carbocycles. The van der Waals surface area contributed by atoms with Crippen LogP contribution in [0.5, 0.6) is 0 Å². The second-order valence-corrected chi connectivity index (χ2v) is 14.2. The number of rotatable bonds is 33. The molecule has 43 heavy (non-hydrogen) atoms. The predicted octanol–water partition coefficient (Wildman–Crippen LogP) is 12.5. The van der Waals surface area contributed by atoms with Crippen LogP contribution in [0.15, 0.2) is 0 Å². The van der Waals surface area contributed by atoms with Crippen molar-refractivity contribution in [2.45, 2.75) is 213 Å². The van der Waals surface area contributed by atoms with E-state index in [1.807, 2.05) is 0 Å². The van der Waals surface area contributed by atoms with E-state index >= 15 is 0 Å². The third kappa shape index (κ3) is 29.6. The largest absolute Gasteiger partial charge is 0.277 e. The van der Waals surface area contributed by atoms with Crippen LogP contribution in [0.3, 0.4) is 0 Å². The maximum absolute atomic E-state index is 2.78. The molecular weight excluding hydrogens is 562 g/mol. The van der Waals surface area contributed by atoms with E-state index in [-0.39, 0.29) is 17.4 Å². The first kappa shape index (κ1) is 43.4. The van der Waals surface area contributed by atoms with Gasteiger partial charge in [0, 0.05) is 37.0 Å². The summed E-state index contributed by atoms with van der Waals surface area (Å²) >= 11 is 0. The van der Waals surface area contributed by atoms with Crippen molar-refractivity contribution < 1.29 is 17.4 Å². The summed E-state index contributed by atoms with van der Waals surface area (Å²) < 4.78 is 0. The van der Waals surface area contributed by atoms with Crippen LogP contribution in [0.2, 0.25) is 0 Å². The van der Waals surface area contributed by atoms with Crippen LogP contribution in [-0.2, 0) is 17.4 Å². The quantitative estimate of drug-likeness (QED) is 0.0659. The van der Waals surface area contributed by atoms with Crippen molar-refractivity contribution in [3.63, 3.8) is 0 Å². The van der Waals surface area contributed by atoms with E-state index in [0.717, 1.165) is 0 Å². The summed E-state index contributed by atoms with van der Waals surface area (Å²) in [5.74, 6) is 0. The van der Waals surface area contributed by atoms with Crippen molar-refractivity contribution in [2.24, 2.45) is 0 Å². The van der Waals surface area contributed by atoms with Gasteiger partial charge in [0.15, 0.2) is 0 Å². The zero-order valence-electron chi connectivity index (χ0n) is 30.2. The minimum atomic E-state index is 0. The summed E-state index contributed by atoms with van der Waals surface area (Å²) in [6.07, 6.45) is 43.2. The van der Waals surface area contributed by atoms with Crippen LogP contribution in [0.4, 0.5) is 0 Å². The molecule has 0 aromatic carbocycles. The Morgan fingerprint density at radius 3 is 0.605 bits per heavy atom. The van der Waals surface area contributed by atoms with Crippen LogP contribution >= 0.6 is 0 Å². The summed E-state index contributed by atoms with van der Waals surface area (Å²) in [7, 11) is 0. The van der Waals surface area contributed by atoms with Crippen molar-refractivity contribution >= 4 is 0 Å². The van der Waals surface area contributed by atoms with Gasteiger partial charge in [-0.1, -0.05) is 194 Å². The van der Waals surface area contributed by atoms with Gasteiger partial charge in [-0.05, 0) is 19.3 Å². The van der Waals surface area contributed by atoms with E-state index in [9.17, 15) is 0 Å². The van der Waals surface area contributed by atoms with E-state index in [2.05, 4.69) is 35.5 Å². The zero-order valence-corrected chi connectivity index (χ0v) is 31.5. The second kappa shape index (κ2) is 35.3. The summed E-state index contributed by atoms with van der Waals surface area (Å²) in [6.45, 7) is 14.5. The van der Waals surface area contributed by atoms with Crippen molar-refractivity contribution in [3.8, 4) is 0 Å². The normalized spacial score (nSPS) is 14.9. The van der Waals surface area contributed by atoms with Crippen molar-refractivity contribution in [3.05, 3.63) is 0 Å². The average molecular weight is 644 g/mol. The van der Waals surface area contributed by atoms with E-state index in [4.69, 9.17) is 0 Å². The molecule has 0 spiro atoms.